The number of anilines is 3. The Morgan fingerprint density at radius 2 is 1.77 bits per heavy atom. The van der Waals surface area contributed by atoms with Crippen molar-refractivity contribution >= 4 is 62.3 Å². The highest BCUT2D eigenvalue weighted by molar-refractivity contribution is 14.1. The van der Waals surface area contributed by atoms with E-state index in [1.165, 1.54) is 11.3 Å². The summed E-state index contributed by atoms with van der Waals surface area (Å²) in [4.78, 5) is 15.8. The number of nitrogens with zero attached hydrogens (tertiary/aromatic N) is 3. The molecule has 3 aromatic carbocycles. The molecule has 2 N–H and O–H groups in total. The summed E-state index contributed by atoms with van der Waals surface area (Å²) < 4.78 is 22.2. The summed E-state index contributed by atoms with van der Waals surface area (Å²) in [5, 5.41) is 12.8. The van der Waals surface area contributed by atoms with Gasteiger partial charge in [0.1, 0.15) is 12.5 Å². The topological polar surface area (TPSA) is 71.4 Å². The van der Waals surface area contributed by atoms with Crippen molar-refractivity contribution in [1.29, 1.82) is 0 Å². The number of urea groups is 1. The first-order chi connectivity index (χ1) is 21.4. The molecule has 0 saturated carbocycles. The highest BCUT2D eigenvalue weighted by Crippen LogP contribution is 2.36. The number of halogens is 2. The first-order valence-electron chi connectivity index (χ1n) is 15.0. The second-order valence-corrected chi connectivity index (χ2v) is 12.7. The molecule has 0 atom stereocenters. The summed E-state index contributed by atoms with van der Waals surface area (Å²) >= 11 is 2.37. The van der Waals surface area contributed by atoms with E-state index in [9.17, 15) is 9.18 Å². The van der Waals surface area contributed by atoms with Crippen molar-refractivity contribution in [3.63, 3.8) is 0 Å². The van der Waals surface area contributed by atoms with Crippen molar-refractivity contribution in [3.05, 3.63) is 90.1 Å². The quantitative estimate of drug-likeness (QED) is 0.143. The van der Waals surface area contributed by atoms with Crippen LogP contribution in [-0.4, -0.2) is 53.2 Å². The molecule has 1 fully saturated rings. The van der Waals surface area contributed by atoms with Gasteiger partial charge in [-0.05, 0) is 53.6 Å². The lowest BCUT2D eigenvalue weighted by atomic mass is 9.91. The van der Waals surface area contributed by atoms with Crippen molar-refractivity contribution in [3.8, 4) is 11.1 Å². The predicted octanol–water partition coefficient (Wildman–Crippen LogP) is 8.43. The van der Waals surface area contributed by atoms with Gasteiger partial charge >= 0.3 is 6.03 Å². The molecular weight excluding hydrogens is 668 g/mol. The van der Waals surface area contributed by atoms with Gasteiger partial charge in [0.15, 0.2) is 0 Å². The Hall–Kier alpha value is -3.70. The molecule has 0 spiro atoms. The standard InChI is InChI=1S/C35H37FIN5O2/c1-35(2,23-36)32-21-33(42(40-32)26-12-10-24(22-37)11-13-26)39-34(43)38-31-15-14-28(29-8-3-4-9-30(29)31)25-6-5-7-27(20-25)41-16-18-44-19-17-41/h3-10,12,14-15,20-21H,11,13,16-19,22-23H2,1-2H3,(H2,38,39,43). The minimum absolute atomic E-state index is 0.386. The summed E-state index contributed by atoms with van der Waals surface area (Å²) in [6.45, 7) is 6.30. The molecule has 4 aromatic rings. The minimum Gasteiger partial charge on any atom is -0.378 e. The number of allylic oxidation sites excluding steroid dienone is 4. The van der Waals surface area contributed by atoms with Crippen LogP contribution in [0.25, 0.3) is 27.6 Å². The summed E-state index contributed by atoms with van der Waals surface area (Å²) in [7, 11) is 0. The predicted molar refractivity (Wildman–Crippen MR) is 187 cm³/mol. The fourth-order valence-electron chi connectivity index (χ4n) is 5.67. The highest BCUT2D eigenvalue weighted by atomic mass is 127. The van der Waals surface area contributed by atoms with E-state index in [1.807, 2.05) is 44.2 Å². The highest BCUT2D eigenvalue weighted by Gasteiger charge is 2.27. The van der Waals surface area contributed by atoms with Crippen molar-refractivity contribution in [2.24, 2.45) is 0 Å². The molecule has 2 heterocycles. The van der Waals surface area contributed by atoms with E-state index >= 15 is 0 Å². The lowest BCUT2D eigenvalue weighted by Crippen LogP contribution is -2.36. The van der Waals surface area contributed by atoms with Crippen molar-refractivity contribution < 1.29 is 13.9 Å². The largest absolute Gasteiger partial charge is 0.378 e. The lowest BCUT2D eigenvalue weighted by Gasteiger charge is -2.29. The van der Waals surface area contributed by atoms with Gasteiger partial charge < -0.3 is 15.0 Å². The third-order valence-corrected chi connectivity index (χ3v) is 9.32. The number of amides is 2. The number of rotatable bonds is 8. The monoisotopic (exact) mass is 705 g/mol. The maximum atomic E-state index is 13.9. The van der Waals surface area contributed by atoms with E-state index in [1.54, 1.807) is 10.7 Å². The Balaban J connectivity index is 1.28. The molecule has 1 aliphatic heterocycles. The summed E-state index contributed by atoms with van der Waals surface area (Å²) in [5.41, 5.74) is 6.24. The fraction of sp³-hybridized carbons (Fsp3) is 0.314. The van der Waals surface area contributed by atoms with Gasteiger partial charge in [0.2, 0.25) is 0 Å². The zero-order chi connectivity index (χ0) is 30.7. The number of hydrogen-bond acceptors (Lipinski definition) is 4. The number of alkyl halides is 2. The van der Waals surface area contributed by atoms with Gasteiger partial charge in [-0.15, -0.1) is 0 Å². The van der Waals surface area contributed by atoms with Crippen LogP contribution in [0.15, 0.2) is 84.5 Å². The third kappa shape index (κ3) is 6.39. The van der Waals surface area contributed by atoms with E-state index in [4.69, 9.17) is 9.84 Å². The third-order valence-electron chi connectivity index (χ3n) is 8.34. The molecule has 1 aliphatic carbocycles. The first kappa shape index (κ1) is 30.3. The van der Waals surface area contributed by atoms with Gasteiger partial charge in [-0.2, -0.15) is 5.10 Å². The number of carbonyl (C=O) groups excluding carboxylic acids is 1. The van der Waals surface area contributed by atoms with Crippen LogP contribution in [0.4, 0.5) is 26.4 Å². The molecule has 1 aromatic heterocycles. The van der Waals surface area contributed by atoms with Crippen LogP contribution in [0, 0.1) is 0 Å². The van der Waals surface area contributed by atoms with Crippen LogP contribution in [-0.2, 0) is 10.2 Å². The van der Waals surface area contributed by atoms with Crippen LogP contribution in [0.5, 0.6) is 0 Å². The smallest absolute Gasteiger partial charge is 0.324 e. The number of aromatic nitrogens is 2. The Labute approximate surface area is 271 Å². The second kappa shape index (κ2) is 13.1. The summed E-state index contributed by atoms with van der Waals surface area (Å²) in [6.07, 6.45) is 5.87. The average Bonchev–Trinajstić information content (AvgIpc) is 3.50. The maximum absolute atomic E-state index is 13.9. The number of carbonyl (C=O) groups is 1. The van der Waals surface area contributed by atoms with Crippen molar-refractivity contribution in [2.45, 2.75) is 32.1 Å². The van der Waals surface area contributed by atoms with Crippen LogP contribution in [0.1, 0.15) is 32.4 Å². The number of fused-ring (bicyclic) bond motifs is 1. The molecule has 7 nitrogen and oxygen atoms in total. The normalized spacial score (nSPS) is 15.6. The Morgan fingerprint density at radius 1 is 0.977 bits per heavy atom. The second-order valence-electron chi connectivity index (χ2n) is 11.9. The molecule has 6 rings (SSSR count). The van der Waals surface area contributed by atoms with Crippen LogP contribution in [0.2, 0.25) is 0 Å². The Morgan fingerprint density at radius 3 is 2.50 bits per heavy atom. The summed E-state index contributed by atoms with van der Waals surface area (Å²) in [5.74, 6) is 0.512. The van der Waals surface area contributed by atoms with Gasteiger partial charge in [-0.25, -0.2) is 9.48 Å². The minimum atomic E-state index is -0.776. The van der Waals surface area contributed by atoms with Gasteiger partial charge in [0.25, 0.3) is 0 Å². The maximum Gasteiger partial charge on any atom is 0.324 e. The molecule has 44 heavy (non-hydrogen) atoms. The molecule has 0 radical (unpaired) electrons. The SMILES string of the molecule is CC(C)(CF)c1cc(NC(=O)Nc2ccc(-c3cccc(N4CCOCC4)c3)c3ccccc23)n(C2=CC=C(CI)CC2)n1. The number of ether oxygens (including phenoxy) is 1. The lowest BCUT2D eigenvalue weighted by molar-refractivity contribution is 0.122. The molecular formula is C35H37FIN5O2. The van der Waals surface area contributed by atoms with Gasteiger partial charge in [0.05, 0.1) is 24.6 Å². The van der Waals surface area contributed by atoms with E-state index in [-0.39, 0.29) is 6.03 Å². The first-order valence-corrected chi connectivity index (χ1v) is 16.5. The van der Waals surface area contributed by atoms with Crippen LogP contribution >= 0.6 is 22.6 Å². The van der Waals surface area contributed by atoms with Gasteiger partial charge in [0, 0.05) is 45.8 Å². The summed E-state index contributed by atoms with van der Waals surface area (Å²) in [6, 6.07) is 22.1. The van der Waals surface area contributed by atoms with E-state index in [0.717, 1.165) is 71.2 Å². The van der Waals surface area contributed by atoms with Gasteiger partial charge in [-0.3, -0.25) is 9.71 Å². The molecule has 228 valence electrons. The number of nitrogens with one attached hydrogen (secondary N) is 2. The van der Waals surface area contributed by atoms with E-state index in [0.29, 0.717) is 17.2 Å². The van der Waals surface area contributed by atoms with Crippen molar-refractivity contribution in [2.75, 3.05) is 52.9 Å². The number of hydrogen-bond donors (Lipinski definition) is 2. The van der Waals surface area contributed by atoms with E-state index in [2.05, 4.69) is 80.6 Å². The Bertz CT molecular complexity index is 1740. The molecule has 2 aliphatic rings. The Kier molecular flexibility index (Phi) is 9.04. The van der Waals surface area contributed by atoms with Crippen molar-refractivity contribution in [1.82, 2.24) is 9.78 Å². The number of benzene rings is 3. The van der Waals surface area contributed by atoms with Gasteiger partial charge in [-0.1, -0.05) is 90.6 Å². The molecule has 0 unspecified atom stereocenters. The average molecular weight is 706 g/mol. The zero-order valence-electron chi connectivity index (χ0n) is 25.1. The van der Waals surface area contributed by atoms with Crippen LogP contribution in [0.3, 0.4) is 0 Å². The van der Waals surface area contributed by atoms with Crippen LogP contribution < -0.4 is 15.5 Å². The van der Waals surface area contributed by atoms with E-state index < -0.39 is 12.1 Å². The molecule has 1 saturated heterocycles. The zero-order valence-corrected chi connectivity index (χ0v) is 27.2. The number of morpholine rings is 1. The molecule has 2 amide bonds. The molecule has 0 bridgehead atoms. The molecule has 9 heteroatoms. The fourth-order valence-corrected chi connectivity index (χ4v) is 6.30.